The average Bonchev–Trinajstić information content (AvgIpc) is 2.47. The van der Waals surface area contributed by atoms with Crippen LogP contribution in [0, 0.1) is 0 Å². The van der Waals surface area contributed by atoms with Gasteiger partial charge in [-0.25, -0.2) is 0 Å². The van der Waals surface area contributed by atoms with E-state index in [-0.39, 0.29) is 12.5 Å². The SMILES string of the molecule is COCC(=O)N1CCC(NCc2ccc(Cl)cc2)CC1. The van der Waals surface area contributed by atoms with Crippen LogP contribution >= 0.6 is 11.6 Å². The van der Waals surface area contributed by atoms with Gasteiger partial charge in [-0.1, -0.05) is 23.7 Å². The molecule has 1 fully saturated rings. The van der Waals surface area contributed by atoms with E-state index in [2.05, 4.69) is 5.32 Å². The first kappa shape index (κ1) is 15.3. The van der Waals surface area contributed by atoms with E-state index in [1.807, 2.05) is 29.2 Å². The molecule has 0 atom stereocenters. The summed E-state index contributed by atoms with van der Waals surface area (Å²) in [5.74, 6) is 0.0867. The fourth-order valence-electron chi connectivity index (χ4n) is 2.41. The van der Waals surface area contributed by atoms with Gasteiger partial charge >= 0.3 is 0 Å². The monoisotopic (exact) mass is 296 g/mol. The summed E-state index contributed by atoms with van der Waals surface area (Å²) in [6, 6.07) is 8.35. The van der Waals surface area contributed by atoms with Gasteiger partial charge in [-0.3, -0.25) is 4.79 Å². The molecule has 1 amide bonds. The fraction of sp³-hybridized carbons (Fsp3) is 0.533. The van der Waals surface area contributed by atoms with E-state index in [0.717, 1.165) is 37.5 Å². The second-order valence-electron chi connectivity index (χ2n) is 5.10. The number of hydrogen-bond acceptors (Lipinski definition) is 3. The lowest BCUT2D eigenvalue weighted by Gasteiger charge is -2.32. The van der Waals surface area contributed by atoms with Crippen LogP contribution in [-0.4, -0.2) is 43.7 Å². The minimum atomic E-state index is 0.0867. The Morgan fingerprint density at radius 3 is 2.60 bits per heavy atom. The van der Waals surface area contributed by atoms with Crippen LogP contribution < -0.4 is 5.32 Å². The van der Waals surface area contributed by atoms with E-state index < -0.39 is 0 Å². The zero-order valence-corrected chi connectivity index (χ0v) is 12.5. The molecule has 1 aliphatic heterocycles. The molecule has 0 bridgehead atoms. The van der Waals surface area contributed by atoms with Crippen molar-refractivity contribution in [1.29, 1.82) is 0 Å². The topological polar surface area (TPSA) is 41.6 Å². The molecule has 20 heavy (non-hydrogen) atoms. The lowest BCUT2D eigenvalue weighted by Crippen LogP contribution is -2.45. The lowest BCUT2D eigenvalue weighted by molar-refractivity contribution is -0.136. The number of likely N-dealkylation sites (tertiary alicyclic amines) is 1. The molecule has 110 valence electrons. The summed E-state index contributed by atoms with van der Waals surface area (Å²) in [5.41, 5.74) is 1.23. The predicted octanol–water partition coefficient (Wildman–Crippen LogP) is 2.07. The van der Waals surface area contributed by atoms with Crippen molar-refractivity contribution in [2.24, 2.45) is 0 Å². The van der Waals surface area contributed by atoms with Crippen molar-refractivity contribution in [3.8, 4) is 0 Å². The Bertz CT molecular complexity index is 428. The number of benzene rings is 1. The Morgan fingerprint density at radius 2 is 2.00 bits per heavy atom. The van der Waals surface area contributed by atoms with E-state index in [0.29, 0.717) is 6.04 Å². The Kier molecular flexibility index (Phi) is 5.83. The number of piperidine rings is 1. The molecule has 0 saturated carbocycles. The number of nitrogens with one attached hydrogen (secondary N) is 1. The molecule has 1 heterocycles. The zero-order valence-electron chi connectivity index (χ0n) is 11.8. The van der Waals surface area contributed by atoms with Crippen LogP contribution in [0.5, 0.6) is 0 Å². The number of amides is 1. The standard InChI is InChI=1S/C15H21ClN2O2/c1-20-11-15(19)18-8-6-14(7-9-18)17-10-12-2-4-13(16)5-3-12/h2-5,14,17H,6-11H2,1H3. The summed E-state index contributed by atoms with van der Waals surface area (Å²) < 4.78 is 4.88. The number of carbonyl (C=O) groups is 1. The predicted molar refractivity (Wildman–Crippen MR) is 79.8 cm³/mol. The molecule has 4 nitrogen and oxygen atoms in total. The fourth-order valence-corrected chi connectivity index (χ4v) is 2.54. The van der Waals surface area contributed by atoms with Crippen LogP contribution in [0.4, 0.5) is 0 Å². The van der Waals surface area contributed by atoms with Crippen LogP contribution in [-0.2, 0) is 16.1 Å². The van der Waals surface area contributed by atoms with Crippen LogP contribution in [0.3, 0.4) is 0 Å². The molecule has 0 radical (unpaired) electrons. The Morgan fingerprint density at radius 1 is 1.35 bits per heavy atom. The van der Waals surface area contributed by atoms with Crippen LogP contribution in [0.1, 0.15) is 18.4 Å². The van der Waals surface area contributed by atoms with Gasteiger partial charge in [0.15, 0.2) is 0 Å². The first-order chi connectivity index (χ1) is 9.69. The number of nitrogens with zero attached hydrogens (tertiary/aromatic N) is 1. The number of ether oxygens (including phenoxy) is 1. The summed E-state index contributed by atoms with van der Waals surface area (Å²) in [5, 5.41) is 4.30. The van der Waals surface area contributed by atoms with Crippen molar-refractivity contribution in [2.75, 3.05) is 26.8 Å². The Labute approximate surface area is 125 Å². The molecule has 0 spiro atoms. The first-order valence-corrected chi connectivity index (χ1v) is 7.31. The molecule has 1 N–H and O–H groups in total. The number of methoxy groups -OCH3 is 1. The molecule has 1 aliphatic rings. The highest BCUT2D eigenvalue weighted by molar-refractivity contribution is 6.30. The summed E-state index contributed by atoms with van der Waals surface area (Å²) in [4.78, 5) is 13.6. The average molecular weight is 297 g/mol. The third-order valence-corrected chi connectivity index (χ3v) is 3.88. The normalized spacial score (nSPS) is 16.4. The van der Waals surface area contributed by atoms with Crippen molar-refractivity contribution in [2.45, 2.75) is 25.4 Å². The number of carbonyl (C=O) groups excluding carboxylic acids is 1. The Balaban J connectivity index is 1.72. The molecular formula is C15H21ClN2O2. The molecule has 1 aromatic carbocycles. The van der Waals surface area contributed by atoms with Crippen LogP contribution in [0.25, 0.3) is 0 Å². The second kappa shape index (κ2) is 7.62. The smallest absolute Gasteiger partial charge is 0.248 e. The van der Waals surface area contributed by atoms with Gasteiger partial charge in [-0.2, -0.15) is 0 Å². The summed E-state index contributed by atoms with van der Waals surface area (Å²) >= 11 is 5.86. The molecule has 1 saturated heterocycles. The number of hydrogen-bond donors (Lipinski definition) is 1. The van der Waals surface area contributed by atoms with Crippen molar-refractivity contribution < 1.29 is 9.53 Å². The van der Waals surface area contributed by atoms with Crippen molar-refractivity contribution in [3.63, 3.8) is 0 Å². The zero-order chi connectivity index (χ0) is 14.4. The van der Waals surface area contributed by atoms with Gasteiger partial charge in [0.1, 0.15) is 6.61 Å². The number of rotatable bonds is 5. The Hall–Kier alpha value is -1.10. The third kappa shape index (κ3) is 4.47. The minimum absolute atomic E-state index is 0.0867. The van der Waals surface area contributed by atoms with E-state index in [4.69, 9.17) is 16.3 Å². The maximum atomic E-state index is 11.7. The van der Waals surface area contributed by atoms with Gasteiger partial charge in [-0.15, -0.1) is 0 Å². The van der Waals surface area contributed by atoms with Crippen molar-refractivity contribution in [1.82, 2.24) is 10.2 Å². The molecule has 0 aromatic heterocycles. The second-order valence-corrected chi connectivity index (χ2v) is 5.53. The minimum Gasteiger partial charge on any atom is -0.375 e. The number of halogens is 1. The van der Waals surface area contributed by atoms with E-state index in [9.17, 15) is 4.79 Å². The van der Waals surface area contributed by atoms with E-state index in [1.54, 1.807) is 7.11 Å². The van der Waals surface area contributed by atoms with Gasteiger partial charge < -0.3 is 15.0 Å². The molecule has 1 aromatic rings. The van der Waals surface area contributed by atoms with Gasteiger partial charge in [-0.05, 0) is 30.5 Å². The van der Waals surface area contributed by atoms with Crippen LogP contribution in [0.2, 0.25) is 5.02 Å². The largest absolute Gasteiger partial charge is 0.375 e. The van der Waals surface area contributed by atoms with Gasteiger partial charge in [0.2, 0.25) is 5.91 Å². The lowest BCUT2D eigenvalue weighted by atomic mass is 10.0. The highest BCUT2D eigenvalue weighted by Gasteiger charge is 2.21. The molecule has 2 rings (SSSR count). The highest BCUT2D eigenvalue weighted by Crippen LogP contribution is 2.13. The summed E-state index contributed by atoms with van der Waals surface area (Å²) in [7, 11) is 1.55. The van der Waals surface area contributed by atoms with Gasteiger partial charge in [0.25, 0.3) is 0 Å². The van der Waals surface area contributed by atoms with Gasteiger partial charge in [0, 0.05) is 37.8 Å². The highest BCUT2D eigenvalue weighted by atomic mass is 35.5. The summed E-state index contributed by atoms with van der Waals surface area (Å²) in [6.07, 6.45) is 1.98. The maximum Gasteiger partial charge on any atom is 0.248 e. The van der Waals surface area contributed by atoms with E-state index >= 15 is 0 Å². The maximum absolute atomic E-state index is 11.7. The molecule has 5 heteroatoms. The van der Waals surface area contributed by atoms with Gasteiger partial charge in [0.05, 0.1) is 0 Å². The van der Waals surface area contributed by atoms with Crippen molar-refractivity contribution >= 4 is 17.5 Å². The molecule has 0 aliphatic carbocycles. The van der Waals surface area contributed by atoms with Crippen LogP contribution in [0.15, 0.2) is 24.3 Å². The third-order valence-electron chi connectivity index (χ3n) is 3.62. The van der Waals surface area contributed by atoms with E-state index in [1.165, 1.54) is 5.56 Å². The van der Waals surface area contributed by atoms with Crippen molar-refractivity contribution in [3.05, 3.63) is 34.9 Å². The first-order valence-electron chi connectivity index (χ1n) is 6.93. The quantitative estimate of drug-likeness (QED) is 0.904. The molecular weight excluding hydrogens is 276 g/mol. The molecule has 0 unspecified atom stereocenters. The summed E-state index contributed by atoms with van der Waals surface area (Å²) in [6.45, 7) is 2.64.